The number of aliphatic hydroxyl groups is 1. The molecule has 5 heteroatoms. The average molecular weight is 266 g/mol. The van der Waals surface area contributed by atoms with Gasteiger partial charge in [-0.25, -0.2) is 4.79 Å². The minimum Gasteiger partial charge on any atom is -0.389 e. The van der Waals surface area contributed by atoms with Crippen LogP contribution in [0.3, 0.4) is 0 Å². The van der Waals surface area contributed by atoms with Gasteiger partial charge < -0.3 is 20.1 Å². The van der Waals surface area contributed by atoms with Gasteiger partial charge in [0.1, 0.15) is 0 Å². The van der Waals surface area contributed by atoms with Gasteiger partial charge in [0.2, 0.25) is 0 Å². The van der Waals surface area contributed by atoms with Gasteiger partial charge in [-0.1, -0.05) is 12.1 Å². The van der Waals surface area contributed by atoms with Crippen LogP contribution in [0, 0.1) is 13.8 Å². The van der Waals surface area contributed by atoms with Gasteiger partial charge in [0.05, 0.1) is 19.3 Å². The Morgan fingerprint density at radius 3 is 2.79 bits per heavy atom. The Hall–Kier alpha value is -1.59. The quantitative estimate of drug-likeness (QED) is 0.854. The van der Waals surface area contributed by atoms with E-state index in [2.05, 4.69) is 5.32 Å². The third-order valence-electron chi connectivity index (χ3n) is 2.83. The number of likely N-dealkylation sites (N-methyl/N-ethyl adjacent to an activating group) is 1. The van der Waals surface area contributed by atoms with E-state index in [0.717, 1.165) is 16.8 Å². The Morgan fingerprint density at radius 2 is 2.16 bits per heavy atom. The van der Waals surface area contributed by atoms with Crippen molar-refractivity contribution in [1.29, 1.82) is 0 Å². The number of aryl methyl sites for hydroxylation is 2. The van der Waals surface area contributed by atoms with Crippen molar-refractivity contribution >= 4 is 11.7 Å². The molecule has 0 aliphatic heterocycles. The van der Waals surface area contributed by atoms with Gasteiger partial charge in [0.15, 0.2) is 0 Å². The molecular formula is C14H22N2O3. The zero-order chi connectivity index (χ0) is 14.4. The van der Waals surface area contributed by atoms with Crippen LogP contribution in [0.1, 0.15) is 11.1 Å². The lowest BCUT2D eigenvalue weighted by Gasteiger charge is -2.21. The molecule has 0 aromatic heterocycles. The minimum atomic E-state index is -0.681. The van der Waals surface area contributed by atoms with Crippen LogP contribution in [-0.4, -0.2) is 49.5 Å². The first-order valence-corrected chi connectivity index (χ1v) is 6.20. The number of ether oxygens (including phenoxy) is 1. The zero-order valence-corrected chi connectivity index (χ0v) is 11.9. The second-order valence-electron chi connectivity index (χ2n) is 4.74. The van der Waals surface area contributed by atoms with E-state index in [4.69, 9.17) is 4.74 Å². The van der Waals surface area contributed by atoms with E-state index >= 15 is 0 Å². The molecule has 0 heterocycles. The van der Waals surface area contributed by atoms with Crippen LogP contribution in [-0.2, 0) is 4.74 Å². The van der Waals surface area contributed by atoms with Gasteiger partial charge in [0, 0.05) is 19.8 Å². The van der Waals surface area contributed by atoms with Crippen molar-refractivity contribution in [1.82, 2.24) is 4.90 Å². The minimum absolute atomic E-state index is 0.209. The maximum atomic E-state index is 12.0. The third-order valence-corrected chi connectivity index (χ3v) is 2.83. The van der Waals surface area contributed by atoms with E-state index in [0.29, 0.717) is 0 Å². The number of methoxy groups -OCH3 is 1. The number of aliphatic hydroxyl groups excluding tert-OH is 1. The molecule has 19 heavy (non-hydrogen) atoms. The Bertz CT molecular complexity index is 435. The molecule has 0 aliphatic rings. The summed E-state index contributed by atoms with van der Waals surface area (Å²) >= 11 is 0. The number of nitrogens with zero attached hydrogens (tertiary/aromatic N) is 1. The largest absolute Gasteiger partial charge is 0.389 e. The first kappa shape index (κ1) is 15.5. The fraction of sp³-hybridized carbons (Fsp3) is 0.500. The van der Waals surface area contributed by atoms with Crippen LogP contribution < -0.4 is 5.32 Å². The molecule has 1 rings (SSSR count). The molecule has 0 aliphatic carbocycles. The van der Waals surface area contributed by atoms with E-state index in [1.54, 1.807) is 7.05 Å². The monoisotopic (exact) mass is 266 g/mol. The van der Waals surface area contributed by atoms with Crippen LogP contribution in [0.25, 0.3) is 0 Å². The normalized spacial score (nSPS) is 12.1. The number of nitrogens with one attached hydrogen (secondary N) is 1. The summed E-state index contributed by atoms with van der Waals surface area (Å²) in [4.78, 5) is 13.4. The summed E-state index contributed by atoms with van der Waals surface area (Å²) in [6, 6.07) is 5.64. The Labute approximate surface area is 114 Å². The summed E-state index contributed by atoms with van der Waals surface area (Å²) in [5.41, 5.74) is 2.88. The molecule has 0 bridgehead atoms. The van der Waals surface area contributed by atoms with Crippen LogP contribution in [0.2, 0.25) is 0 Å². The van der Waals surface area contributed by atoms with Crippen molar-refractivity contribution < 1.29 is 14.6 Å². The van der Waals surface area contributed by atoms with E-state index in [1.807, 2.05) is 32.0 Å². The lowest BCUT2D eigenvalue weighted by molar-refractivity contribution is 0.0501. The zero-order valence-electron chi connectivity index (χ0n) is 11.9. The molecule has 1 aromatic rings. The number of amides is 2. The highest BCUT2D eigenvalue weighted by Crippen LogP contribution is 2.16. The standard InChI is InChI=1S/C14H22N2O3/c1-10-5-6-11(2)13(7-10)15-14(18)16(3)8-12(17)9-19-4/h5-7,12,17H,8-9H2,1-4H3,(H,15,18). The summed E-state index contributed by atoms with van der Waals surface area (Å²) in [6.45, 7) is 4.35. The molecule has 1 aromatic carbocycles. The summed E-state index contributed by atoms with van der Waals surface area (Å²) in [5, 5.41) is 12.4. The van der Waals surface area contributed by atoms with Gasteiger partial charge in [0.25, 0.3) is 0 Å². The Balaban J connectivity index is 2.61. The summed E-state index contributed by atoms with van der Waals surface area (Å²) < 4.78 is 4.83. The summed E-state index contributed by atoms with van der Waals surface area (Å²) in [6.07, 6.45) is -0.681. The van der Waals surface area contributed by atoms with Crippen LogP contribution in [0.4, 0.5) is 10.5 Å². The van der Waals surface area contributed by atoms with Gasteiger partial charge >= 0.3 is 6.03 Å². The van der Waals surface area contributed by atoms with Crippen LogP contribution >= 0.6 is 0 Å². The Morgan fingerprint density at radius 1 is 1.47 bits per heavy atom. The number of urea groups is 1. The lowest BCUT2D eigenvalue weighted by Crippen LogP contribution is -2.38. The fourth-order valence-corrected chi connectivity index (χ4v) is 1.73. The molecule has 0 fully saturated rings. The number of anilines is 1. The van der Waals surface area contributed by atoms with Gasteiger partial charge in [-0.05, 0) is 31.0 Å². The van der Waals surface area contributed by atoms with Crippen molar-refractivity contribution in [2.45, 2.75) is 20.0 Å². The number of carbonyl (C=O) groups is 1. The van der Waals surface area contributed by atoms with Crippen LogP contribution in [0.5, 0.6) is 0 Å². The molecule has 0 spiro atoms. The van der Waals surface area contributed by atoms with Crippen LogP contribution in [0.15, 0.2) is 18.2 Å². The Kier molecular flexibility index (Phi) is 5.79. The topological polar surface area (TPSA) is 61.8 Å². The molecule has 1 unspecified atom stereocenters. The maximum absolute atomic E-state index is 12.0. The van der Waals surface area contributed by atoms with Crippen molar-refractivity contribution in [3.8, 4) is 0 Å². The highest BCUT2D eigenvalue weighted by molar-refractivity contribution is 5.90. The number of carbonyl (C=O) groups excluding carboxylic acids is 1. The van der Waals surface area contributed by atoms with Crippen molar-refractivity contribution in [3.63, 3.8) is 0 Å². The molecule has 1 atom stereocenters. The number of hydrogen-bond acceptors (Lipinski definition) is 3. The number of hydrogen-bond donors (Lipinski definition) is 2. The van der Waals surface area contributed by atoms with Crippen molar-refractivity contribution in [2.75, 3.05) is 32.6 Å². The maximum Gasteiger partial charge on any atom is 0.321 e. The molecule has 5 nitrogen and oxygen atoms in total. The molecule has 0 radical (unpaired) electrons. The van der Waals surface area contributed by atoms with E-state index in [1.165, 1.54) is 12.0 Å². The van der Waals surface area contributed by atoms with Crippen molar-refractivity contribution in [3.05, 3.63) is 29.3 Å². The van der Waals surface area contributed by atoms with Gasteiger partial charge in [-0.2, -0.15) is 0 Å². The molecule has 0 saturated heterocycles. The third kappa shape index (κ3) is 4.89. The van der Waals surface area contributed by atoms with E-state index in [9.17, 15) is 9.90 Å². The summed E-state index contributed by atoms with van der Waals surface area (Å²) in [7, 11) is 3.15. The number of rotatable bonds is 5. The highest BCUT2D eigenvalue weighted by atomic mass is 16.5. The average Bonchev–Trinajstić information content (AvgIpc) is 2.34. The predicted molar refractivity (Wildman–Crippen MR) is 75.4 cm³/mol. The van der Waals surface area contributed by atoms with Gasteiger partial charge in [-0.3, -0.25) is 0 Å². The lowest BCUT2D eigenvalue weighted by atomic mass is 10.1. The first-order valence-electron chi connectivity index (χ1n) is 6.20. The SMILES string of the molecule is COCC(O)CN(C)C(=O)Nc1cc(C)ccc1C. The summed E-state index contributed by atoms with van der Waals surface area (Å²) in [5.74, 6) is 0. The highest BCUT2D eigenvalue weighted by Gasteiger charge is 2.14. The molecule has 2 N–H and O–H groups in total. The smallest absolute Gasteiger partial charge is 0.321 e. The molecule has 0 saturated carbocycles. The fourth-order valence-electron chi connectivity index (χ4n) is 1.73. The predicted octanol–water partition coefficient (Wildman–Crippen LogP) is 1.77. The molecule has 106 valence electrons. The van der Waals surface area contributed by atoms with E-state index < -0.39 is 6.10 Å². The molecular weight excluding hydrogens is 244 g/mol. The molecule has 2 amide bonds. The van der Waals surface area contributed by atoms with Crippen molar-refractivity contribution in [2.24, 2.45) is 0 Å². The van der Waals surface area contributed by atoms with Gasteiger partial charge in [-0.15, -0.1) is 0 Å². The first-order chi connectivity index (χ1) is 8.93. The number of benzene rings is 1. The second kappa shape index (κ2) is 7.11. The second-order valence-corrected chi connectivity index (χ2v) is 4.74. The van der Waals surface area contributed by atoms with E-state index in [-0.39, 0.29) is 19.2 Å².